The predicted molar refractivity (Wildman–Crippen MR) is 126 cm³/mol. The number of likely N-dealkylation sites (tertiary alicyclic amines) is 1. The molecule has 2 aromatic rings. The van der Waals surface area contributed by atoms with Gasteiger partial charge in [-0.3, -0.25) is 9.59 Å². The Morgan fingerprint density at radius 3 is 2.38 bits per heavy atom. The second-order valence-electron chi connectivity index (χ2n) is 9.70. The molecule has 0 spiro atoms. The first kappa shape index (κ1) is 22.4. The van der Waals surface area contributed by atoms with Crippen molar-refractivity contribution in [3.63, 3.8) is 0 Å². The van der Waals surface area contributed by atoms with Gasteiger partial charge in [-0.1, -0.05) is 48.5 Å². The molecular weight excluding hydrogens is 432 g/mol. The summed E-state index contributed by atoms with van der Waals surface area (Å²) >= 11 is 0. The predicted octanol–water partition coefficient (Wildman–Crippen LogP) is 3.87. The Morgan fingerprint density at radius 1 is 1.03 bits per heavy atom. The van der Waals surface area contributed by atoms with Crippen molar-refractivity contribution in [2.75, 3.05) is 26.2 Å². The number of ether oxygens (including phenoxy) is 1. The van der Waals surface area contributed by atoms with E-state index >= 15 is 0 Å². The summed E-state index contributed by atoms with van der Waals surface area (Å²) in [7, 11) is 0. The van der Waals surface area contributed by atoms with Gasteiger partial charge in [0.1, 0.15) is 6.61 Å². The molecule has 2 aromatic carbocycles. The van der Waals surface area contributed by atoms with Crippen molar-refractivity contribution in [1.29, 1.82) is 0 Å². The first-order valence-electron chi connectivity index (χ1n) is 12.1. The minimum absolute atomic E-state index is 0.0197. The zero-order valence-corrected chi connectivity index (χ0v) is 19.1. The summed E-state index contributed by atoms with van der Waals surface area (Å²) < 4.78 is 5.58. The lowest BCUT2D eigenvalue weighted by atomic mass is 9.94. The molecule has 2 amide bonds. The van der Waals surface area contributed by atoms with Gasteiger partial charge in [0.25, 0.3) is 0 Å². The molecule has 3 atom stereocenters. The van der Waals surface area contributed by atoms with Gasteiger partial charge in [-0.15, -0.1) is 0 Å². The van der Waals surface area contributed by atoms with E-state index in [0.29, 0.717) is 19.6 Å². The van der Waals surface area contributed by atoms with Crippen LogP contribution in [-0.4, -0.2) is 54.2 Å². The normalized spacial score (nSPS) is 23.1. The number of carboxylic acid groups (broad SMARTS) is 1. The quantitative estimate of drug-likeness (QED) is 0.651. The molecular formula is C27H30N2O5. The minimum atomic E-state index is -0.809. The molecule has 2 fully saturated rings. The van der Waals surface area contributed by atoms with Gasteiger partial charge in [-0.2, -0.15) is 0 Å². The molecule has 178 valence electrons. The third-order valence-corrected chi connectivity index (χ3v) is 7.39. The van der Waals surface area contributed by atoms with Crippen molar-refractivity contribution in [3.8, 4) is 11.1 Å². The molecule has 1 saturated heterocycles. The highest BCUT2D eigenvalue weighted by Gasteiger charge is 2.45. The van der Waals surface area contributed by atoms with E-state index < -0.39 is 12.1 Å². The highest BCUT2D eigenvalue weighted by molar-refractivity contribution is 5.82. The van der Waals surface area contributed by atoms with Crippen LogP contribution in [0.2, 0.25) is 0 Å². The van der Waals surface area contributed by atoms with Gasteiger partial charge in [0.05, 0.1) is 0 Å². The fraction of sp³-hybridized carbons (Fsp3) is 0.444. The standard InChI is InChI=1S/C27H30N2O5/c30-25(31)12-17-6-5-11-29(15-17)26(32)23-13-18(23)14-28-27(33)34-16-24-21-9-3-1-7-19(21)20-8-2-4-10-22(20)24/h1-4,7-10,17-18,23-24H,5-6,11-16H2,(H,28,33)(H,30,31). The van der Waals surface area contributed by atoms with E-state index in [1.807, 2.05) is 29.2 Å². The Kier molecular flexibility index (Phi) is 6.26. The third kappa shape index (κ3) is 4.65. The Morgan fingerprint density at radius 2 is 1.71 bits per heavy atom. The number of carboxylic acids is 1. The van der Waals surface area contributed by atoms with Crippen LogP contribution in [0.15, 0.2) is 48.5 Å². The van der Waals surface area contributed by atoms with Crippen LogP contribution >= 0.6 is 0 Å². The van der Waals surface area contributed by atoms with Gasteiger partial charge >= 0.3 is 12.1 Å². The van der Waals surface area contributed by atoms with Gasteiger partial charge in [-0.25, -0.2) is 4.79 Å². The molecule has 3 aliphatic rings. The maximum Gasteiger partial charge on any atom is 0.407 e. The number of aliphatic carboxylic acids is 1. The number of rotatable bonds is 7. The van der Waals surface area contributed by atoms with E-state index in [9.17, 15) is 14.4 Å². The summed E-state index contributed by atoms with van der Waals surface area (Å²) in [6, 6.07) is 16.4. The minimum Gasteiger partial charge on any atom is -0.481 e. The molecule has 5 rings (SSSR count). The Labute approximate surface area is 199 Å². The van der Waals surface area contributed by atoms with E-state index in [2.05, 4.69) is 29.6 Å². The second kappa shape index (κ2) is 9.49. The summed E-state index contributed by atoms with van der Waals surface area (Å²) in [6.45, 7) is 1.90. The number of hydrogen-bond donors (Lipinski definition) is 2. The molecule has 1 saturated carbocycles. The lowest BCUT2D eigenvalue weighted by Gasteiger charge is -2.32. The number of benzene rings is 2. The average molecular weight is 463 g/mol. The molecule has 0 bridgehead atoms. The first-order valence-corrected chi connectivity index (χ1v) is 12.1. The second-order valence-corrected chi connectivity index (χ2v) is 9.70. The number of amides is 2. The van der Waals surface area contributed by atoms with Crippen LogP contribution in [0.3, 0.4) is 0 Å². The lowest BCUT2D eigenvalue weighted by Crippen LogP contribution is -2.41. The van der Waals surface area contributed by atoms with E-state index in [4.69, 9.17) is 9.84 Å². The molecule has 1 aliphatic heterocycles. The van der Waals surface area contributed by atoms with Gasteiger partial charge < -0.3 is 20.1 Å². The van der Waals surface area contributed by atoms with Crippen LogP contribution < -0.4 is 5.32 Å². The summed E-state index contributed by atoms with van der Waals surface area (Å²) in [5, 5.41) is 11.9. The summed E-state index contributed by atoms with van der Waals surface area (Å²) in [5.74, 6) is -0.631. The molecule has 2 aliphatic carbocycles. The summed E-state index contributed by atoms with van der Waals surface area (Å²) in [4.78, 5) is 38.0. The number of carbonyl (C=O) groups excluding carboxylic acids is 2. The molecule has 34 heavy (non-hydrogen) atoms. The topological polar surface area (TPSA) is 95.9 Å². The molecule has 0 aromatic heterocycles. The van der Waals surface area contributed by atoms with Crippen LogP contribution in [0.5, 0.6) is 0 Å². The van der Waals surface area contributed by atoms with Crippen molar-refractivity contribution < 1.29 is 24.2 Å². The van der Waals surface area contributed by atoms with Gasteiger partial charge in [0.2, 0.25) is 5.91 Å². The van der Waals surface area contributed by atoms with E-state index in [1.165, 1.54) is 22.3 Å². The summed E-state index contributed by atoms with van der Waals surface area (Å²) in [6.07, 6.45) is 2.11. The molecule has 0 radical (unpaired) electrons. The third-order valence-electron chi connectivity index (χ3n) is 7.39. The highest BCUT2D eigenvalue weighted by atomic mass is 16.5. The van der Waals surface area contributed by atoms with E-state index in [-0.39, 0.29) is 42.6 Å². The Hall–Kier alpha value is -3.35. The van der Waals surface area contributed by atoms with Crippen LogP contribution in [-0.2, 0) is 14.3 Å². The first-order chi connectivity index (χ1) is 16.5. The van der Waals surface area contributed by atoms with Crippen molar-refractivity contribution in [2.24, 2.45) is 17.8 Å². The van der Waals surface area contributed by atoms with Gasteiger partial charge in [-0.05, 0) is 53.4 Å². The maximum atomic E-state index is 12.8. The molecule has 1 heterocycles. The van der Waals surface area contributed by atoms with E-state index in [1.54, 1.807) is 0 Å². The number of nitrogens with zero attached hydrogens (tertiary/aromatic N) is 1. The zero-order chi connectivity index (χ0) is 23.7. The number of nitrogens with one attached hydrogen (secondary N) is 1. The maximum absolute atomic E-state index is 12.8. The SMILES string of the molecule is O=C(O)CC1CCCN(C(=O)C2CC2CNC(=O)OCC2c3ccccc3-c3ccccc32)C1. The van der Waals surface area contributed by atoms with Crippen LogP contribution in [0.1, 0.15) is 42.7 Å². The Bertz CT molecular complexity index is 1050. The van der Waals surface area contributed by atoms with Crippen LogP contribution in [0, 0.1) is 17.8 Å². The van der Waals surface area contributed by atoms with Crippen molar-refractivity contribution >= 4 is 18.0 Å². The monoisotopic (exact) mass is 462 g/mol. The molecule has 7 nitrogen and oxygen atoms in total. The van der Waals surface area contributed by atoms with Gasteiger partial charge in [0.15, 0.2) is 0 Å². The fourth-order valence-corrected chi connectivity index (χ4v) is 5.55. The van der Waals surface area contributed by atoms with Gasteiger partial charge in [0, 0.05) is 37.9 Å². The average Bonchev–Trinajstić information content (AvgIpc) is 3.55. The van der Waals surface area contributed by atoms with Crippen molar-refractivity contribution in [2.45, 2.75) is 31.6 Å². The zero-order valence-electron chi connectivity index (χ0n) is 19.1. The van der Waals surface area contributed by atoms with Crippen LogP contribution in [0.4, 0.5) is 4.79 Å². The fourth-order valence-electron chi connectivity index (χ4n) is 5.55. The molecule has 7 heteroatoms. The van der Waals surface area contributed by atoms with Crippen molar-refractivity contribution in [1.82, 2.24) is 10.2 Å². The highest BCUT2D eigenvalue weighted by Crippen LogP contribution is 2.44. The number of carbonyl (C=O) groups is 3. The number of fused-ring (bicyclic) bond motifs is 3. The van der Waals surface area contributed by atoms with E-state index in [0.717, 1.165) is 19.3 Å². The number of alkyl carbamates (subject to hydrolysis) is 1. The Balaban J connectivity index is 1.09. The molecule has 3 unspecified atom stereocenters. The lowest BCUT2D eigenvalue weighted by molar-refractivity contribution is -0.141. The number of hydrogen-bond acceptors (Lipinski definition) is 4. The summed E-state index contributed by atoms with van der Waals surface area (Å²) in [5.41, 5.74) is 4.73. The van der Waals surface area contributed by atoms with Crippen LogP contribution in [0.25, 0.3) is 11.1 Å². The van der Waals surface area contributed by atoms with Crippen molar-refractivity contribution in [3.05, 3.63) is 59.7 Å². The largest absolute Gasteiger partial charge is 0.481 e. The molecule has 2 N–H and O–H groups in total. The number of piperidine rings is 1. The smallest absolute Gasteiger partial charge is 0.407 e.